The zero-order valence-corrected chi connectivity index (χ0v) is 49.3. The van der Waals surface area contributed by atoms with Crippen LogP contribution in [0.4, 0.5) is 0 Å². The average Bonchev–Trinajstić information content (AvgIpc) is 3.41. The van der Waals surface area contributed by atoms with Gasteiger partial charge in [-0.2, -0.15) is 0 Å². The summed E-state index contributed by atoms with van der Waals surface area (Å²) >= 11 is 0. The van der Waals surface area contributed by atoms with Gasteiger partial charge in [-0.25, -0.2) is 4.57 Å². The van der Waals surface area contributed by atoms with E-state index in [4.69, 9.17) is 23.3 Å². The van der Waals surface area contributed by atoms with Gasteiger partial charge >= 0.3 is 25.7 Å². The molecular formula is C64H111O11P. The first kappa shape index (κ1) is 72.7. The summed E-state index contributed by atoms with van der Waals surface area (Å²) in [6, 6.07) is 0. The highest BCUT2D eigenvalue weighted by atomic mass is 31.2. The molecule has 0 spiro atoms. The van der Waals surface area contributed by atoms with E-state index in [1.54, 1.807) is 0 Å². The van der Waals surface area contributed by atoms with Gasteiger partial charge in [0.05, 0.1) is 19.8 Å². The first-order valence-corrected chi connectivity index (χ1v) is 32.0. The van der Waals surface area contributed by atoms with Crippen LogP contribution in [0.1, 0.15) is 265 Å². The number of unbranched alkanes of at least 4 members (excludes halogenated alkanes) is 25. The van der Waals surface area contributed by atoms with E-state index in [-0.39, 0.29) is 25.9 Å². The third-order valence-corrected chi connectivity index (χ3v) is 13.7. The summed E-state index contributed by atoms with van der Waals surface area (Å²) in [5.41, 5.74) is 0. The fourth-order valence-corrected chi connectivity index (χ4v) is 8.93. The van der Waals surface area contributed by atoms with Gasteiger partial charge in [-0.05, 0) is 109 Å². The molecule has 0 aliphatic rings. The van der Waals surface area contributed by atoms with E-state index in [9.17, 15) is 28.9 Å². The highest BCUT2D eigenvalue weighted by Crippen LogP contribution is 2.43. The molecule has 0 aromatic rings. The minimum atomic E-state index is -4.77. The maximum atomic E-state index is 12.9. The van der Waals surface area contributed by atoms with Crippen molar-refractivity contribution in [3.8, 4) is 0 Å². The highest BCUT2D eigenvalue weighted by molar-refractivity contribution is 7.47. The molecule has 0 heterocycles. The number of phosphoric ester groups is 1. The lowest BCUT2D eigenvalue weighted by Gasteiger charge is -2.21. The van der Waals surface area contributed by atoms with E-state index in [1.165, 1.54) is 96.3 Å². The second kappa shape index (κ2) is 57.8. The zero-order chi connectivity index (χ0) is 55.5. The van der Waals surface area contributed by atoms with Crippen molar-refractivity contribution in [1.82, 2.24) is 0 Å². The number of hydrogen-bond acceptors (Lipinski definition) is 10. The Hall–Kier alpha value is -3.34. The molecule has 0 aromatic heterocycles. The molecular weight excluding hydrogens is 976 g/mol. The largest absolute Gasteiger partial charge is 0.472 e. The minimum absolute atomic E-state index is 0.145. The van der Waals surface area contributed by atoms with Crippen LogP contribution in [0.25, 0.3) is 0 Å². The van der Waals surface area contributed by atoms with Crippen molar-refractivity contribution in [2.75, 3.05) is 26.4 Å². The highest BCUT2D eigenvalue weighted by Gasteiger charge is 2.28. The molecule has 0 radical (unpaired) electrons. The summed E-state index contributed by atoms with van der Waals surface area (Å²) in [7, 11) is -4.77. The van der Waals surface area contributed by atoms with Gasteiger partial charge in [-0.15, -0.1) is 0 Å². The smallest absolute Gasteiger partial charge is 0.462 e. The van der Waals surface area contributed by atoms with Crippen LogP contribution in [0.5, 0.6) is 0 Å². The van der Waals surface area contributed by atoms with Crippen LogP contribution >= 0.6 is 7.82 Å². The van der Waals surface area contributed by atoms with Crippen LogP contribution in [-0.4, -0.2) is 66.5 Å². The predicted octanol–water partition coefficient (Wildman–Crippen LogP) is 18.3. The summed E-state index contributed by atoms with van der Waals surface area (Å²) in [5, 5.41) is 9.83. The van der Waals surface area contributed by atoms with Crippen LogP contribution in [0.15, 0.2) is 85.1 Å². The average molecular weight is 1090 g/mol. The van der Waals surface area contributed by atoms with Gasteiger partial charge in [0, 0.05) is 19.3 Å². The van der Waals surface area contributed by atoms with Gasteiger partial charge in [-0.1, -0.05) is 221 Å². The molecule has 3 atom stereocenters. The lowest BCUT2D eigenvalue weighted by atomic mass is 10.1. The van der Waals surface area contributed by atoms with E-state index in [2.05, 4.69) is 99.8 Å². The summed E-state index contributed by atoms with van der Waals surface area (Å²) in [4.78, 5) is 48.6. The number of allylic oxidation sites excluding steroid dienone is 14. The fraction of sp³-hybridized carbons (Fsp3) is 0.734. The Bertz CT molecular complexity index is 1600. The molecule has 438 valence electrons. The second-order valence-corrected chi connectivity index (χ2v) is 21.6. The molecule has 11 nitrogen and oxygen atoms in total. The Morgan fingerprint density at radius 1 is 0.382 bits per heavy atom. The Kier molecular flexibility index (Phi) is 55.3. The van der Waals surface area contributed by atoms with Crippen molar-refractivity contribution in [3.63, 3.8) is 0 Å². The first-order valence-electron chi connectivity index (χ1n) is 30.5. The Morgan fingerprint density at radius 3 is 1.11 bits per heavy atom. The van der Waals surface area contributed by atoms with Gasteiger partial charge in [0.1, 0.15) is 12.7 Å². The summed E-state index contributed by atoms with van der Waals surface area (Å²) in [5.74, 6) is -1.55. The van der Waals surface area contributed by atoms with E-state index < -0.39 is 57.8 Å². The second-order valence-electron chi connectivity index (χ2n) is 20.1. The minimum Gasteiger partial charge on any atom is -0.462 e. The zero-order valence-electron chi connectivity index (χ0n) is 48.5. The Morgan fingerprint density at radius 2 is 0.697 bits per heavy atom. The molecule has 0 aliphatic carbocycles. The van der Waals surface area contributed by atoms with Gasteiger partial charge in [0.25, 0.3) is 0 Å². The monoisotopic (exact) mass is 1090 g/mol. The Balaban J connectivity index is 4.80. The van der Waals surface area contributed by atoms with Crippen LogP contribution in [0, 0.1) is 0 Å². The van der Waals surface area contributed by atoms with Gasteiger partial charge in [0.2, 0.25) is 0 Å². The molecule has 76 heavy (non-hydrogen) atoms. The lowest BCUT2D eigenvalue weighted by Crippen LogP contribution is -2.30. The van der Waals surface area contributed by atoms with E-state index >= 15 is 0 Å². The van der Waals surface area contributed by atoms with Gasteiger partial charge in [-0.3, -0.25) is 23.4 Å². The summed E-state index contributed by atoms with van der Waals surface area (Å²) in [6.45, 7) is 4.46. The van der Waals surface area contributed by atoms with Crippen molar-refractivity contribution >= 4 is 25.7 Å². The maximum absolute atomic E-state index is 12.9. The number of hydrogen-bond donors (Lipinski definition) is 2. The van der Waals surface area contributed by atoms with Crippen molar-refractivity contribution in [1.29, 1.82) is 0 Å². The van der Waals surface area contributed by atoms with Gasteiger partial charge in [0.15, 0.2) is 6.10 Å². The predicted molar refractivity (Wildman–Crippen MR) is 316 cm³/mol. The van der Waals surface area contributed by atoms with Crippen molar-refractivity contribution in [3.05, 3.63) is 85.1 Å². The number of carbonyl (C=O) groups is 3. The van der Waals surface area contributed by atoms with Crippen molar-refractivity contribution in [2.24, 2.45) is 0 Å². The first-order chi connectivity index (χ1) is 37.2. The van der Waals surface area contributed by atoms with E-state index in [0.29, 0.717) is 25.7 Å². The molecule has 0 aromatic carbocycles. The molecule has 0 saturated carbocycles. The fourth-order valence-electron chi connectivity index (χ4n) is 8.15. The SMILES string of the molecule is CC/C=C\C/C=C\C/C=C\C/C=C\C/C=C\CCCC(=O)OCC(COP(=O)(O)OCC(CO)OC(=O)CCCCCCC/C=C\CCCCCCCC)OC(=O)CCCCCCCCC/C=C\CCCCCCCC. The van der Waals surface area contributed by atoms with Gasteiger partial charge < -0.3 is 24.2 Å². The number of ether oxygens (including phenoxy) is 3. The van der Waals surface area contributed by atoms with Crippen LogP contribution in [0.2, 0.25) is 0 Å². The van der Waals surface area contributed by atoms with Crippen molar-refractivity contribution < 1.29 is 52.2 Å². The lowest BCUT2D eigenvalue weighted by molar-refractivity contribution is -0.161. The quantitative estimate of drug-likeness (QED) is 0.0197. The molecule has 0 rings (SSSR count). The molecule has 0 bridgehead atoms. The molecule has 2 N–H and O–H groups in total. The maximum Gasteiger partial charge on any atom is 0.472 e. The molecule has 0 amide bonds. The molecule has 0 fully saturated rings. The topological polar surface area (TPSA) is 155 Å². The third-order valence-electron chi connectivity index (χ3n) is 12.8. The number of aliphatic hydroxyl groups is 1. The van der Waals surface area contributed by atoms with E-state index in [1.807, 2.05) is 6.08 Å². The standard InChI is InChI=1S/C64H111O11P/c1-4-7-10-13-16-19-22-25-28-30-33-35-38-41-44-47-50-53-62(66)71-57-61(75-64(68)55-52-49-46-43-40-37-34-31-29-26-23-20-17-14-11-8-5-2)59-73-76(69,70)72-58-60(56-65)74-63(67)54-51-48-45-42-39-36-32-27-24-21-18-15-12-9-6-3/h7,10,16,19,25-29,32-33,35,41,44,60-61,65H,4-6,8-9,11-15,17-18,20-24,30-31,34,36-40,42-43,45-59H2,1-3H3,(H,69,70)/b10-7-,19-16-,28-25-,29-26-,32-27-,35-33-,44-41-. The summed E-state index contributed by atoms with van der Waals surface area (Å²) in [6.07, 6.45) is 66.8. The molecule has 12 heteroatoms. The van der Waals surface area contributed by atoms with Crippen LogP contribution < -0.4 is 0 Å². The van der Waals surface area contributed by atoms with Crippen LogP contribution in [0.3, 0.4) is 0 Å². The normalized spacial score (nSPS) is 13.9. The third kappa shape index (κ3) is 55.4. The molecule has 0 saturated heterocycles. The number of esters is 3. The number of aliphatic hydroxyl groups excluding tert-OH is 1. The number of rotatable bonds is 56. The Labute approximate surface area is 464 Å². The number of carbonyl (C=O) groups excluding carboxylic acids is 3. The molecule has 3 unspecified atom stereocenters. The van der Waals surface area contributed by atoms with E-state index in [0.717, 1.165) is 103 Å². The molecule has 0 aliphatic heterocycles. The van der Waals surface area contributed by atoms with Crippen molar-refractivity contribution in [2.45, 2.75) is 277 Å². The number of phosphoric acid groups is 1. The van der Waals surface area contributed by atoms with Crippen LogP contribution in [-0.2, 0) is 42.2 Å². The summed E-state index contributed by atoms with van der Waals surface area (Å²) < 4.78 is 39.5.